The van der Waals surface area contributed by atoms with Crippen molar-refractivity contribution in [3.8, 4) is 0 Å². The molecule has 0 radical (unpaired) electrons. The third-order valence-corrected chi connectivity index (χ3v) is 3.47. The van der Waals surface area contributed by atoms with Gasteiger partial charge in [-0.25, -0.2) is 9.37 Å². The van der Waals surface area contributed by atoms with Gasteiger partial charge in [-0.3, -0.25) is 4.79 Å². The van der Waals surface area contributed by atoms with E-state index < -0.39 is 0 Å². The second-order valence-electron chi connectivity index (χ2n) is 5.19. The second-order valence-corrected chi connectivity index (χ2v) is 5.19. The number of nitrogens with one attached hydrogen (secondary N) is 2. The molecule has 2 aromatic carbocycles. The number of benzene rings is 2. The van der Waals surface area contributed by atoms with E-state index in [9.17, 15) is 9.18 Å². The van der Waals surface area contributed by atoms with Gasteiger partial charge in [-0.1, -0.05) is 12.1 Å². The smallest absolute Gasteiger partial charge is 0.251 e. The summed E-state index contributed by atoms with van der Waals surface area (Å²) < 4.78 is 12.8. The fraction of sp³-hybridized carbons (Fsp3) is 0.176. The van der Waals surface area contributed by atoms with Crippen LogP contribution in [-0.2, 0) is 6.42 Å². The van der Waals surface area contributed by atoms with Gasteiger partial charge in [0, 0.05) is 12.1 Å². The van der Waals surface area contributed by atoms with Gasteiger partial charge < -0.3 is 10.3 Å². The van der Waals surface area contributed by atoms with Crippen LogP contribution >= 0.6 is 0 Å². The highest BCUT2D eigenvalue weighted by Crippen LogP contribution is 2.13. The Morgan fingerprint density at radius 3 is 2.77 bits per heavy atom. The fourth-order valence-corrected chi connectivity index (χ4v) is 2.35. The molecule has 5 heteroatoms. The number of halogens is 1. The zero-order valence-electron chi connectivity index (χ0n) is 12.2. The molecule has 0 fully saturated rings. The molecule has 2 N–H and O–H groups in total. The third-order valence-electron chi connectivity index (χ3n) is 3.47. The van der Waals surface area contributed by atoms with Crippen LogP contribution in [0.5, 0.6) is 0 Å². The van der Waals surface area contributed by atoms with E-state index in [2.05, 4.69) is 15.3 Å². The number of fused-ring (bicyclic) bond motifs is 1. The number of hydrogen-bond donors (Lipinski definition) is 2. The topological polar surface area (TPSA) is 57.8 Å². The molecule has 3 aromatic rings. The Morgan fingerprint density at radius 1 is 1.23 bits per heavy atom. The maximum absolute atomic E-state index is 12.8. The average molecular weight is 297 g/mol. The predicted molar refractivity (Wildman–Crippen MR) is 83.3 cm³/mol. The summed E-state index contributed by atoms with van der Waals surface area (Å²) in [4.78, 5) is 19.6. The molecule has 22 heavy (non-hydrogen) atoms. The summed E-state index contributed by atoms with van der Waals surface area (Å²) in [6, 6.07) is 11.7. The predicted octanol–water partition coefficient (Wildman–Crippen LogP) is 2.98. The standard InChI is InChI=1S/C17H16FN3O/c1-11-20-15-7-4-13(10-16(15)21-11)17(22)19-9-8-12-2-5-14(18)6-3-12/h2-7,10H,8-9H2,1H3,(H,19,22)(H,20,21). The minimum absolute atomic E-state index is 0.128. The molecule has 0 saturated carbocycles. The van der Waals surface area contributed by atoms with Gasteiger partial charge in [0.25, 0.3) is 5.91 Å². The van der Waals surface area contributed by atoms with E-state index in [-0.39, 0.29) is 11.7 Å². The zero-order valence-corrected chi connectivity index (χ0v) is 12.2. The monoisotopic (exact) mass is 297 g/mol. The van der Waals surface area contributed by atoms with Crippen LogP contribution in [0.4, 0.5) is 4.39 Å². The quantitative estimate of drug-likeness (QED) is 0.778. The molecular weight excluding hydrogens is 281 g/mol. The molecule has 1 heterocycles. The first kappa shape index (κ1) is 14.3. The van der Waals surface area contributed by atoms with Crippen LogP contribution in [0, 0.1) is 12.7 Å². The summed E-state index contributed by atoms with van der Waals surface area (Å²) in [5.41, 5.74) is 3.28. The lowest BCUT2D eigenvalue weighted by Crippen LogP contribution is -2.25. The highest BCUT2D eigenvalue weighted by molar-refractivity contribution is 5.97. The number of aryl methyl sites for hydroxylation is 1. The van der Waals surface area contributed by atoms with Gasteiger partial charge in [0.1, 0.15) is 11.6 Å². The molecule has 0 aliphatic rings. The number of nitrogens with zero attached hydrogens (tertiary/aromatic N) is 1. The molecule has 0 aliphatic carbocycles. The van der Waals surface area contributed by atoms with E-state index in [1.165, 1.54) is 12.1 Å². The highest BCUT2D eigenvalue weighted by atomic mass is 19.1. The van der Waals surface area contributed by atoms with Crippen molar-refractivity contribution in [1.82, 2.24) is 15.3 Å². The number of imidazole rings is 1. The number of hydrogen-bond acceptors (Lipinski definition) is 2. The molecule has 0 bridgehead atoms. The number of amides is 1. The van der Waals surface area contributed by atoms with Gasteiger partial charge in [0.2, 0.25) is 0 Å². The van der Waals surface area contributed by atoms with Crippen molar-refractivity contribution in [2.75, 3.05) is 6.54 Å². The molecule has 112 valence electrons. The van der Waals surface area contributed by atoms with Crippen molar-refractivity contribution in [1.29, 1.82) is 0 Å². The van der Waals surface area contributed by atoms with Crippen LogP contribution in [0.1, 0.15) is 21.7 Å². The molecule has 0 aliphatic heterocycles. The van der Waals surface area contributed by atoms with E-state index >= 15 is 0 Å². The Balaban J connectivity index is 1.61. The average Bonchev–Trinajstić information content (AvgIpc) is 2.88. The Bertz CT molecular complexity index is 808. The molecule has 1 amide bonds. The molecule has 4 nitrogen and oxygen atoms in total. The summed E-state index contributed by atoms with van der Waals surface area (Å²) in [6.07, 6.45) is 0.664. The van der Waals surface area contributed by atoms with Gasteiger partial charge in [0.15, 0.2) is 0 Å². The van der Waals surface area contributed by atoms with E-state index in [1.807, 2.05) is 13.0 Å². The van der Waals surface area contributed by atoms with Crippen molar-refractivity contribution >= 4 is 16.9 Å². The van der Waals surface area contributed by atoms with Crippen molar-refractivity contribution in [3.63, 3.8) is 0 Å². The van der Waals surface area contributed by atoms with Crippen molar-refractivity contribution in [3.05, 3.63) is 65.2 Å². The number of carbonyl (C=O) groups is 1. The number of H-pyrrole nitrogens is 1. The van der Waals surface area contributed by atoms with Crippen LogP contribution < -0.4 is 5.32 Å². The number of rotatable bonds is 4. The Hall–Kier alpha value is -2.69. The van der Waals surface area contributed by atoms with E-state index in [0.29, 0.717) is 18.5 Å². The van der Waals surface area contributed by atoms with Crippen LogP contribution in [0.3, 0.4) is 0 Å². The van der Waals surface area contributed by atoms with Crippen LogP contribution in [0.25, 0.3) is 11.0 Å². The summed E-state index contributed by atoms with van der Waals surface area (Å²) in [5.74, 6) is 0.441. The lowest BCUT2D eigenvalue weighted by atomic mass is 10.1. The normalized spacial score (nSPS) is 10.8. The third kappa shape index (κ3) is 3.14. The van der Waals surface area contributed by atoms with Crippen LogP contribution in [0.15, 0.2) is 42.5 Å². The van der Waals surface area contributed by atoms with Gasteiger partial charge in [0.05, 0.1) is 11.0 Å². The van der Waals surface area contributed by atoms with E-state index in [1.54, 1.807) is 24.3 Å². The lowest BCUT2D eigenvalue weighted by molar-refractivity contribution is 0.0954. The summed E-state index contributed by atoms with van der Waals surface area (Å²) >= 11 is 0. The molecule has 0 saturated heterocycles. The van der Waals surface area contributed by atoms with Gasteiger partial charge in [-0.05, 0) is 49.2 Å². The molecule has 1 aromatic heterocycles. The summed E-state index contributed by atoms with van der Waals surface area (Å²) in [7, 11) is 0. The molecule has 0 unspecified atom stereocenters. The molecule has 3 rings (SSSR count). The van der Waals surface area contributed by atoms with Gasteiger partial charge in [-0.15, -0.1) is 0 Å². The van der Waals surface area contributed by atoms with E-state index in [0.717, 1.165) is 22.4 Å². The van der Waals surface area contributed by atoms with Gasteiger partial charge >= 0.3 is 0 Å². The fourth-order valence-electron chi connectivity index (χ4n) is 2.35. The van der Waals surface area contributed by atoms with Crippen LogP contribution in [-0.4, -0.2) is 22.4 Å². The molecule has 0 atom stereocenters. The SMILES string of the molecule is Cc1nc2ccc(C(=O)NCCc3ccc(F)cc3)cc2[nH]1. The first-order chi connectivity index (χ1) is 10.6. The molecular formula is C17H16FN3O. The Labute approximate surface area is 127 Å². The number of aromatic amines is 1. The maximum atomic E-state index is 12.8. The number of carbonyl (C=O) groups excluding carboxylic acids is 1. The van der Waals surface area contributed by atoms with E-state index in [4.69, 9.17) is 0 Å². The Kier molecular flexibility index (Phi) is 3.87. The highest BCUT2D eigenvalue weighted by Gasteiger charge is 2.07. The minimum atomic E-state index is -0.254. The first-order valence-electron chi connectivity index (χ1n) is 7.11. The summed E-state index contributed by atoms with van der Waals surface area (Å²) in [5, 5.41) is 2.87. The lowest BCUT2D eigenvalue weighted by Gasteiger charge is -2.05. The van der Waals surface area contributed by atoms with Crippen molar-refractivity contribution in [2.24, 2.45) is 0 Å². The Morgan fingerprint density at radius 2 is 2.00 bits per heavy atom. The minimum Gasteiger partial charge on any atom is -0.352 e. The zero-order chi connectivity index (χ0) is 15.5. The number of aromatic nitrogens is 2. The summed E-state index contributed by atoms with van der Waals surface area (Å²) in [6.45, 7) is 2.38. The largest absolute Gasteiger partial charge is 0.352 e. The van der Waals surface area contributed by atoms with Crippen LogP contribution in [0.2, 0.25) is 0 Å². The van der Waals surface area contributed by atoms with Crippen molar-refractivity contribution < 1.29 is 9.18 Å². The maximum Gasteiger partial charge on any atom is 0.251 e. The first-order valence-corrected chi connectivity index (χ1v) is 7.11. The van der Waals surface area contributed by atoms with Crippen molar-refractivity contribution in [2.45, 2.75) is 13.3 Å². The second kappa shape index (κ2) is 5.97. The van der Waals surface area contributed by atoms with Gasteiger partial charge in [-0.2, -0.15) is 0 Å². The molecule has 0 spiro atoms.